The number of halogens is 3. The van der Waals surface area contributed by atoms with Crippen molar-refractivity contribution in [3.63, 3.8) is 0 Å². The van der Waals surface area contributed by atoms with Crippen molar-refractivity contribution in [2.75, 3.05) is 11.9 Å². The van der Waals surface area contributed by atoms with E-state index in [1.165, 1.54) is 6.07 Å². The van der Waals surface area contributed by atoms with Crippen LogP contribution in [0.1, 0.15) is 22.8 Å². The normalized spacial score (nSPS) is 10.5. The van der Waals surface area contributed by atoms with Crippen LogP contribution in [0, 0.1) is 11.6 Å². The van der Waals surface area contributed by atoms with Crippen LogP contribution >= 0.6 is 11.6 Å². The smallest absolute Gasteiger partial charge is 0.255 e. The Hall–Kier alpha value is -3.12. The van der Waals surface area contributed by atoms with Gasteiger partial charge in [0.1, 0.15) is 29.7 Å². The van der Waals surface area contributed by atoms with Gasteiger partial charge in [-0.3, -0.25) is 4.79 Å². The molecule has 0 aliphatic heterocycles. The SMILES string of the molecule is CCOc1ccc(C(=O)Nc2ccc(F)cc2F)cc1COc1ccccc1Cl. The van der Waals surface area contributed by atoms with E-state index >= 15 is 0 Å². The summed E-state index contributed by atoms with van der Waals surface area (Å²) in [4.78, 5) is 12.5. The Morgan fingerprint density at radius 1 is 1.00 bits per heavy atom. The van der Waals surface area contributed by atoms with Gasteiger partial charge < -0.3 is 14.8 Å². The molecule has 0 saturated heterocycles. The minimum atomic E-state index is -0.855. The second kappa shape index (κ2) is 9.39. The Bertz CT molecular complexity index is 1030. The second-order valence-electron chi connectivity index (χ2n) is 6.05. The van der Waals surface area contributed by atoms with Crippen LogP contribution in [0.3, 0.4) is 0 Å². The number of hydrogen-bond acceptors (Lipinski definition) is 3. The summed E-state index contributed by atoms with van der Waals surface area (Å²) in [5.74, 6) is -1.06. The Kier molecular flexibility index (Phi) is 6.67. The van der Waals surface area contributed by atoms with Gasteiger partial charge >= 0.3 is 0 Å². The van der Waals surface area contributed by atoms with Gasteiger partial charge in [0.15, 0.2) is 0 Å². The van der Waals surface area contributed by atoms with E-state index in [1.807, 2.05) is 6.92 Å². The number of amides is 1. The van der Waals surface area contributed by atoms with E-state index in [2.05, 4.69) is 5.32 Å². The Morgan fingerprint density at radius 2 is 1.79 bits per heavy atom. The molecule has 1 N–H and O–H groups in total. The molecule has 0 aliphatic carbocycles. The van der Waals surface area contributed by atoms with E-state index in [0.717, 1.165) is 6.07 Å². The zero-order valence-corrected chi connectivity index (χ0v) is 16.3. The monoisotopic (exact) mass is 417 g/mol. The number of carbonyl (C=O) groups excluding carboxylic acids is 1. The standard InChI is InChI=1S/C22H18ClF2NO3/c1-2-28-20-10-7-14(22(27)26-19-9-8-16(24)12-18(19)25)11-15(20)13-29-21-6-4-3-5-17(21)23/h3-12H,2,13H2,1H3,(H,26,27). The van der Waals surface area contributed by atoms with Crippen LogP contribution in [0.25, 0.3) is 0 Å². The number of rotatable bonds is 7. The van der Waals surface area contributed by atoms with Gasteiger partial charge in [-0.25, -0.2) is 8.78 Å². The van der Waals surface area contributed by atoms with Crippen molar-refractivity contribution in [1.82, 2.24) is 0 Å². The molecular weight excluding hydrogens is 400 g/mol. The van der Waals surface area contributed by atoms with E-state index in [4.69, 9.17) is 21.1 Å². The molecule has 29 heavy (non-hydrogen) atoms. The molecule has 3 rings (SSSR count). The van der Waals surface area contributed by atoms with Gasteiger partial charge in [-0.15, -0.1) is 0 Å². The summed E-state index contributed by atoms with van der Waals surface area (Å²) in [6, 6.07) is 14.8. The lowest BCUT2D eigenvalue weighted by Crippen LogP contribution is -2.14. The lowest BCUT2D eigenvalue weighted by Gasteiger charge is -2.14. The molecule has 150 valence electrons. The van der Waals surface area contributed by atoms with Gasteiger partial charge in [0, 0.05) is 17.2 Å². The van der Waals surface area contributed by atoms with Crippen LogP contribution < -0.4 is 14.8 Å². The Balaban J connectivity index is 1.81. The van der Waals surface area contributed by atoms with Gasteiger partial charge in [-0.05, 0) is 49.4 Å². The Labute approximate surface area is 172 Å². The van der Waals surface area contributed by atoms with Crippen LogP contribution in [-0.4, -0.2) is 12.5 Å². The molecule has 3 aromatic carbocycles. The number of para-hydroxylation sites is 1. The molecule has 0 aliphatic rings. The van der Waals surface area contributed by atoms with E-state index in [0.29, 0.717) is 34.8 Å². The van der Waals surface area contributed by atoms with Crippen molar-refractivity contribution in [1.29, 1.82) is 0 Å². The lowest BCUT2D eigenvalue weighted by molar-refractivity contribution is 0.102. The molecule has 0 spiro atoms. The highest BCUT2D eigenvalue weighted by Gasteiger charge is 2.14. The molecule has 0 bridgehead atoms. The fraction of sp³-hybridized carbons (Fsp3) is 0.136. The molecule has 0 heterocycles. The summed E-state index contributed by atoms with van der Waals surface area (Å²) in [7, 11) is 0. The third kappa shape index (κ3) is 5.23. The molecule has 0 aromatic heterocycles. The predicted molar refractivity (Wildman–Crippen MR) is 108 cm³/mol. The molecule has 4 nitrogen and oxygen atoms in total. The van der Waals surface area contributed by atoms with E-state index in [1.54, 1.807) is 42.5 Å². The summed E-state index contributed by atoms with van der Waals surface area (Å²) in [5.41, 5.74) is 0.785. The summed E-state index contributed by atoms with van der Waals surface area (Å²) < 4.78 is 38.2. The van der Waals surface area contributed by atoms with Crippen molar-refractivity contribution >= 4 is 23.2 Å². The number of anilines is 1. The van der Waals surface area contributed by atoms with Crippen molar-refractivity contribution < 1.29 is 23.0 Å². The second-order valence-corrected chi connectivity index (χ2v) is 6.46. The molecule has 0 atom stereocenters. The topological polar surface area (TPSA) is 47.6 Å². The maximum Gasteiger partial charge on any atom is 0.255 e. The quantitative estimate of drug-likeness (QED) is 0.524. The largest absolute Gasteiger partial charge is 0.493 e. The highest BCUT2D eigenvalue weighted by Crippen LogP contribution is 2.27. The first-order valence-electron chi connectivity index (χ1n) is 8.87. The maximum absolute atomic E-state index is 13.8. The van der Waals surface area contributed by atoms with Crippen LogP contribution in [-0.2, 0) is 6.61 Å². The predicted octanol–water partition coefficient (Wildman–Crippen LogP) is 5.85. The number of benzene rings is 3. The van der Waals surface area contributed by atoms with E-state index < -0.39 is 17.5 Å². The van der Waals surface area contributed by atoms with Crippen LogP contribution in [0.2, 0.25) is 5.02 Å². The highest BCUT2D eigenvalue weighted by atomic mass is 35.5. The minimum Gasteiger partial charge on any atom is -0.493 e. The average Bonchev–Trinajstić information content (AvgIpc) is 2.70. The number of ether oxygens (including phenoxy) is 2. The Morgan fingerprint density at radius 3 is 2.52 bits per heavy atom. The average molecular weight is 418 g/mol. The fourth-order valence-corrected chi connectivity index (χ4v) is 2.82. The van der Waals surface area contributed by atoms with Gasteiger partial charge in [0.25, 0.3) is 5.91 Å². The number of carbonyl (C=O) groups is 1. The highest BCUT2D eigenvalue weighted by molar-refractivity contribution is 6.32. The van der Waals surface area contributed by atoms with Gasteiger partial charge in [0.05, 0.1) is 17.3 Å². The van der Waals surface area contributed by atoms with E-state index in [9.17, 15) is 13.6 Å². The van der Waals surface area contributed by atoms with Gasteiger partial charge in [0.2, 0.25) is 0 Å². The summed E-state index contributed by atoms with van der Waals surface area (Å²) in [6.45, 7) is 2.40. The van der Waals surface area contributed by atoms with Crippen molar-refractivity contribution in [3.8, 4) is 11.5 Å². The zero-order valence-electron chi connectivity index (χ0n) is 15.5. The van der Waals surface area contributed by atoms with E-state index in [-0.39, 0.29) is 17.9 Å². The number of nitrogens with one attached hydrogen (secondary N) is 1. The van der Waals surface area contributed by atoms with Crippen molar-refractivity contribution in [3.05, 3.63) is 88.4 Å². The molecule has 0 saturated carbocycles. The first-order chi connectivity index (χ1) is 14.0. The molecule has 0 fully saturated rings. The molecule has 1 amide bonds. The van der Waals surface area contributed by atoms with Crippen molar-refractivity contribution in [2.45, 2.75) is 13.5 Å². The third-order valence-electron chi connectivity index (χ3n) is 4.02. The molecule has 0 unspecified atom stereocenters. The fourth-order valence-electron chi connectivity index (χ4n) is 2.63. The lowest BCUT2D eigenvalue weighted by atomic mass is 10.1. The maximum atomic E-state index is 13.8. The first-order valence-corrected chi connectivity index (χ1v) is 9.25. The molecule has 7 heteroatoms. The molecule has 0 radical (unpaired) electrons. The summed E-state index contributed by atoms with van der Waals surface area (Å²) in [5, 5.41) is 2.90. The minimum absolute atomic E-state index is 0.112. The zero-order chi connectivity index (χ0) is 20.8. The first kappa shape index (κ1) is 20.6. The number of hydrogen-bond donors (Lipinski definition) is 1. The summed E-state index contributed by atoms with van der Waals surface area (Å²) >= 11 is 6.11. The van der Waals surface area contributed by atoms with Crippen LogP contribution in [0.4, 0.5) is 14.5 Å². The summed E-state index contributed by atoms with van der Waals surface area (Å²) in [6.07, 6.45) is 0. The van der Waals surface area contributed by atoms with Gasteiger partial charge in [-0.2, -0.15) is 0 Å². The molecule has 3 aromatic rings. The van der Waals surface area contributed by atoms with Crippen LogP contribution in [0.15, 0.2) is 60.7 Å². The third-order valence-corrected chi connectivity index (χ3v) is 4.33. The van der Waals surface area contributed by atoms with Crippen molar-refractivity contribution in [2.24, 2.45) is 0 Å². The van der Waals surface area contributed by atoms with Gasteiger partial charge in [-0.1, -0.05) is 23.7 Å². The van der Waals surface area contributed by atoms with Crippen LogP contribution in [0.5, 0.6) is 11.5 Å². The molecular formula is C22H18ClF2NO3.